The van der Waals surface area contributed by atoms with E-state index in [0.29, 0.717) is 0 Å². The normalized spacial score (nSPS) is 17.9. The van der Waals surface area contributed by atoms with Gasteiger partial charge < -0.3 is 0 Å². The van der Waals surface area contributed by atoms with Crippen LogP contribution in [-0.2, 0) is 4.79 Å². The summed E-state index contributed by atoms with van der Waals surface area (Å²) in [5.74, 6) is -0.428. The van der Waals surface area contributed by atoms with Crippen molar-refractivity contribution in [1.29, 1.82) is 5.26 Å². The van der Waals surface area contributed by atoms with Crippen LogP contribution in [0.4, 0.5) is 13.2 Å². The largest absolute Gasteiger partial charge is 0.409 e. The molecule has 1 atom stereocenters. The molecule has 4 nitrogen and oxygen atoms in total. The Hall–Kier alpha value is -2.07. The molecule has 0 radical (unpaired) electrons. The molecule has 0 saturated carbocycles. The summed E-state index contributed by atoms with van der Waals surface area (Å²) >= 11 is 0. The lowest BCUT2D eigenvalue weighted by molar-refractivity contribution is -0.191. The van der Waals surface area contributed by atoms with Crippen molar-refractivity contribution in [3.63, 3.8) is 0 Å². The molecule has 7 heteroatoms. The van der Waals surface area contributed by atoms with E-state index in [1.807, 2.05) is 6.07 Å². The van der Waals surface area contributed by atoms with Crippen molar-refractivity contribution in [2.45, 2.75) is 18.6 Å². The fraction of sp³-hybridized carbons (Fsp3) is 0.333. The molecule has 2 rings (SSSR count). The number of rotatable bonds is 2. The van der Waals surface area contributed by atoms with E-state index in [4.69, 9.17) is 5.26 Å². The molecule has 100 valence electrons. The Bertz CT molecular complexity index is 519. The zero-order chi connectivity index (χ0) is 14.0. The molecule has 1 aromatic rings. The van der Waals surface area contributed by atoms with Gasteiger partial charge in [-0.3, -0.25) is 10.2 Å². The van der Waals surface area contributed by atoms with Crippen molar-refractivity contribution in [3.8, 4) is 6.07 Å². The molecule has 1 N–H and O–H groups in total. The van der Waals surface area contributed by atoms with Crippen molar-refractivity contribution in [2.24, 2.45) is 0 Å². The van der Waals surface area contributed by atoms with Crippen LogP contribution in [0.1, 0.15) is 23.6 Å². The quantitative estimate of drug-likeness (QED) is 0.892. The van der Waals surface area contributed by atoms with Gasteiger partial charge >= 0.3 is 6.18 Å². The Morgan fingerprint density at radius 2 is 1.95 bits per heavy atom. The summed E-state index contributed by atoms with van der Waals surface area (Å²) in [6, 6.07) is 5.10. The maximum atomic E-state index is 13.1. The van der Waals surface area contributed by atoms with Gasteiger partial charge in [0.25, 0.3) is 0 Å². The van der Waals surface area contributed by atoms with Gasteiger partial charge in [0.1, 0.15) is 6.04 Å². The van der Waals surface area contributed by atoms with Gasteiger partial charge in [-0.2, -0.15) is 18.4 Å². The Morgan fingerprint density at radius 3 is 2.37 bits per heavy atom. The first-order chi connectivity index (χ1) is 8.91. The zero-order valence-electron chi connectivity index (χ0n) is 9.74. The molecule has 19 heavy (non-hydrogen) atoms. The number of halogens is 3. The van der Waals surface area contributed by atoms with Crippen LogP contribution in [0.15, 0.2) is 24.3 Å². The van der Waals surface area contributed by atoms with Gasteiger partial charge in [0.15, 0.2) is 0 Å². The number of alkyl halides is 3. The first kappa shape index (κ1) is 13.4. The Morgan fingerprint density at radius 1 is 1.32 bits per heavy atom. The van der Waals surface area contributed by atoms with E-state index in [2.05, 4.69) is 5.43 Å². The summed E-state index contributed by atoms with van der Waals surface area (Å²) in [4.78, 5) is 11.1. The molecule has 0 spiro atoms. The van der Waals surface area contributed by atoms with E-state index in [-0.39, 0.29) is 24.1 Å². The van der Waals surface area contributed by atoms with Gasteiger partial charge in [-0.1, -0.05) is 12.1 Å². The van der Waals surface area contributed by atoms with Crippen molar-refractivity contribution in [3.05, 3.63) is 35.4 Å². The maximum absolute atomic E-state index is 13.1. The minimum absolute atomic E-state index is 0.00299. The Labute approximate surface area is 107 Å². The summed E-state index contributed by atoms with van der Waals surface area (Å²) in [6.45, 7) is 0.00299. The fourth-order valence-electron chi connectivity index (χ4n) is 1.97. The molecule has 1 fully saturated rings. The third-order valence-corrected chi connectivity index (χ3v) is 2.83. The number of nitrogens with one attached hydrogen (secondary N) is 1. The zero-order valence-corrected chi connectivity index (χ0v) is 9.74. The number of hydrogen-bond donors (Lipinski definition) is 1. The predicted octanol–water partition coefficient (Wildman–Crippen LogP) is 1.90. The van der Waals surface area contributed by atoms with E-state index in [1.165, 1.54) is 24.3 Å². The summed E-state index contributed by atoms with van der Waals surface area (Å²) in [5.41, 5.74) is 2.48. The number of amides is 1. The van der Waals surface area contributed by atoms with Gasteiger partial charge in [0, 0.05) is 13.0 Å². The number of nitrogens with zero attached hydrogens (tertiary/aromatic N) is 2. The standard InChI is InChI=1S/C12H10F3N3O/c13-12(14,15)11(18-6-5-10(19)17-18)9-3-1-8(7-16)2-4-9/h1-4,11H,5-6H2,(H,17,19). The monoisotopic (exact) mass is 269 g/mol. The first-order valence-corrected chi connectivity index (χ1v) is 5.54. The number of hydrogen-bond acceptors (Lipinski definition) is 3. The fourth-order valence-corrected chi connectivity index (χ4v) is 1.97. The third kappa shape index (κ3) is 2.85. The van der Waals surface area contributed by atoms with E-state index in [1.54, 1.807) is 0 Å². The molecule has 0 aromatic heterocycles. The number of carbonyl (C=O) groups excluding carboxylic acids is 1. The molecular formula is C12H10F3N3O. The molecule has 1 amide bonds. The van der Waals surface area contributed by atoms with Gasteiger partial charge in [0.2, 0.25) is 5.91 Å². The molecule has 1 saturated heterocycles. The molecule has 1 aliphatic rings. The average molecular weight is 269 g/mol. The molecule has 1 heterocycles. The summed E-state index contributed by atoms with van der Waals surface area (Å²) in [6.07, 6.45) is -4.46. The molecule has 1 aromatic carbocycles. The highest BCUT2D eigenvalue weighted by molar-refractivity contribution is 5.77. The van der Waals surface area contributed by atoms with E-state index in [9.17, 15) is 18.0 Å². The number of carbonyl (C=O) groups is 1. The van der Waals surface area contributed by atoms with Crippen LogP contribution >= 0.6 is 0 Å². The second kappa shape index (κ2) is 4.90. The average Bonchev–Trinajstić information content (AvgIpc) is 2.75. The van der Waals surface area contributed by atoms with Crippen LogP contribution in [0.25, 0.3) is 0 Å². The predicted molar refractivity (Wildman–Crippen MR) is 59.4 cm³/mol. The maximum Gasteiger partial charge on any atom is 0.409 e. The lowest BCUT2D eigenvalue weighted by atomic mass is 10.0. The number of benzene rings is 1. The summed E-state index contributed by atoms with van der Waals surface area (Å²) in [7, 11) is 0. The summed E-state index contributed by atoms with van der Waals surface area (Å²) in [5, 5.41) is 9.51. The smallest absolute Gasteiger partial charge is 0.288 e. The third-order valence-electron chi connectivity index (χ3n) is 2.83. The van der Waals surface area contributed by atoms with Crippen molar-refractivity contribution < 1.29 is 18.0 Å². The highest BCUT2D eigenvalue weighted by Crippen LogP contribution is 2.37. The van der Waals surface area contributed by atoms with E-state index >= 15 is 0 Å². The highest BCUT2D eigenvalue weighted by atomic mass is 19.4. The Balaban J connectivity index is 2.32. The van der Waals surface area contributed by atoms with Crippen LogP contribution in [0.3, 0.4) is 0 Å². The molecule has 0 bridgehead atoms. The van der Waals surface area contributed by atoms with Crippen LogP contribution in [0.5, 0.6) is 0 Å². The lowest BCUT2D eigenvalue weighted by Gasteiger charge is -2.29. The van der Waals surface area contributed by atoms with Crippen LogP contribution in [0.2, 0.25) is 0 Å². The van der Waals surface area contributed by atoms with Gasteiger partial charge in [-0.05, 0) is 17.7 Å². The molecular weight excluding hydrogens is 259 g/mol. The van der Waals surface area contributed by atoms with Gasteiger partial charge in [-0.25, -0.2) is 5.01 Å². The van der Waals surface area contributed by atoms with Crippen LogP contribution in [-0.4, -0.2) is 23.6 Å². The Kier molecular flexibility index (Phi) is 3.44. The summed E-state index contributed by atoms with van der Waals surface area (Å²) < 4.78 is 39.3. The topological polar surface area (TPSA) is 56.1 Å². The molecule has 1 aliphatic heterocycles. The van der Waals surface area contributed by atoms with E-state index in [0.717, 1.165) is 5.01 Å². The van der Waals surface area contributed by atoms with Crippen molar-refractivity contribution in [1.82, 2.24) is 10.4 Å². The second-order valence-electron chi connectivity index (χ2n) is 4.16. The van der Waals surface area contributed by atoms with Gasteiger partial charge in [-0.15, -0.1) is 0 Å². The van der Waals surface area contributed by atoms with Gasteiger partial charge in [0.05, 0.1) is 11.6 Å². The van der Waals surface area contributed by atoms with Crippen molar-refractivity contribution >= 4 is 5.91 Å². The number of nitriles is 1. The minimum Gasteiger partial charge on any atom is -0.288 e. The number of hydrazine groups is 1. The van der Waals surface area contributed by atoms with Crippen LogP contribution in [0, 0.1) is 11.3 Å². The van der Waals surface area contributed by atoms with Crippen molar-refractivity contribution in [2.75, 3.05) is 6.54 Å². The molecule has 0 aliphatic carbocycles. The lowest BCUT2D eigenvalue weighted by Crippen LogP contribution is -2.43. The van der Waals surface area contributed by atoms with E-state index < -0.39 is 18.1 Å². The first-order valence-electron chi connectivity index (χ1n) is 5.54. The molecule has 1 unspecified atom stereocenters. The van der Waals surface area contributed by atoms with Crippen LogP contribution < -0.4 is 5.43 Å². The second-order valence-corrected chi connectivity index (χ2v) is 4.16. The highest BCUT2D eigenvalue weighted by Gasteiger charge is 2.46. The minimum atomic E-state index is -4.51. The SMILES string of the molecule is N#Cc1ccc(C(N2CCC(=O)N2)C(F)(F)F)cc1.